The lowest BCUT2D eigenvalue weighted by Gasteiger charge is -2.31. The first-order chi connectivity index (χ1) is 18.0. The molecule has 0 saturated carbocycles. The molecule has 0 radical (unpaired) electrons. The SMILES string of the molecule is Cc1nc2cc(N3CCCCC3)c(NC(=O)CCc3ccccc3)cc2c(=O)n1Cc1ccc(Cl)cc1. The van der Waals surface area contributed by atoms with Gasteiger partial charge in [-0.05, 0) is 68.0 Å². The molecule has 6 nitrogen and oxygen atoms in total. The molecule has 0 bridgehead atoms. The minimum Gasteiger partial charge on any atom is -0.370 e. The molecule has 190 valence electrons. The van der Waals surface area contributed by atoms with Gasteiger partial charge in [0, 0.05) is 24.5 Å². The van der Waals surface area contributed by atoms with Gasteiger partial charge in [0.05, 0.1) is 28.8 Å². The minimum atomic E-state index is -0.123. The molecule has 1 aliphatic heterocycles. The quantitative estimate of drug-likeness (QED) is 0.330. The highest BCUT2D eigenvalue weighted by Crippen LogP contribution is 2.32. The van der Waals surface area contributed by atoms with Gasteiger partial charge >= 0.3 is 0 Å². The first kappa shape index (κ1) is 25.0. The zero-order valence-electron chi connectivity index (χ0n) is 21.0. The first-order valence-corrected chi connectivity index (χ1v) is 13.2. The number of halogens is 1. The standard InChI is InChI=1S/C30H31ClN4O2/c1-21-32-26-19-28(34-16-6-3-7-17-34)27(33-29(36)15-12-22-8-4-2-5-9-22)18-25(26)30(37)35(21)20-23-10-13-24(31)14-11-23/h2,4-5,8-11,13-14,18-19H,3,6-7,12,15-17,20H2,1H3,(H,33,36). The van der Waals surface area contributed by atoms with Crippen LogP contribution in [0.25, 0.3) is 10.9 Å². The van der Waals surface area contributed by atoms with Crippen molar-refractivity contribution in [2.24, 2.45) is 0 Å². The van der Waals surface area contributed by atoms with Crippen LogP contribution in [0.5, 0.6) is 0 Å². The number of anilines is 2. The fourth-order valence-corrected chi connectivity index (χ4v) is 5.06. The molecule has 0 atom stereocenters. The number of piperidine rings is 1. The third-order valence-corrected chi connectivity index (χ3v) is 7.22. The minimum absolute atomic E-state index is 0.0666. The van der Waals surface area contributed by atoms with Gasteiger partial charge in [0.1, 0.15) is 5.82 Å². The monoisotopic (exact) mass is 514 g/mol. The van der Waals surface area contributed by atoms with Crippen molar-refractivity contribution in [3.63, 3.8) is 0 Å². The molecule has 1 amide bonds. The topological polar surface area (TPSA) is 67.2 Å². The van der Waals surface area contributed by atoms with E-state index in [2.05, 4.69) is 10.2 Å². The Morgan fingerprint density at radius 3 is 2.43 bits per heavy atom. The second-order valence-corrected chi connectivity index (χ2v) is 10.1. The predicted molar refractivity (Wildman–Crippen MR) is 151 cm³/mol. The Labute approximate surface area is 221 Å². The highest BCUT2D eigenvalue weighted by Gasteiger charge is 2.20. The number of carbonyl (C=O) groups is 1. The van der Waals surface area contributed by atoms with Crippen molar-refractivity contribution in [3.05, 3.63) is 99.1 Å². The summed E-state index contributed by atoms with van der Waals surface area (Å²) in [5.74, 6) is 0.583. The van der Waals surface area contributed by atoms with E-state index < -0.39 is 0 Å². The molecular formula is C30H31ClN4O2. The summed E-state index contributed by atoms with van der Waals surface area (Å²) >= 11 is 6.03. The van der Waals surface area contributed by atoms with Gasteiger partial charge in [-0.1, -0.05) is 54.1 Å². The van der Waals surface area contributed by atoms with E-state index in [1.54, 1.807) is 4.57 Å². The average molecular weight is 515 g/mol. The molecule has 0 spiro atoms. The second-order valence-electron chi connectivity index (χ2n) is 9.64. The lowest BCUT2D eigenvalue weighted by atomic mass is 10.1. The zero-order chi connectivity index (χ0) is 25.8. The summed E-state index contributed by atoms with van der Waals surface area (Å²) in [6, 6.07) is 21.2. The van der Waals surface area contributed by atoms with E-state index in [1.807, 2.05) is 73.7 Å². The van der Waals surface area contributed by atoms with Crippen LogP contribution in [0.4, 0.5) is 11.4 Å². The molecule has 4 aromatic rings. The Kier molecular flexibility index (Phi) is 7.56. The van der Waals surface area contributed by atoms with Gasteiger partial charge in [0.15, 0.2) is 0 Å². The Hall–Kier alpha value is -3.64. The van der Waals surface area contributed by atoms with Crippen LogP contribution in [-0.2, 0) is 17.8 Å². The van der Waals surface area contributed by atoms with Crippen LogP contribution in [0, 0.1) is 6.92 Å². The third-order valence-electron chi connectivity index (χ3n) is 6.97. The molecular weight excluding hydrogens is 484 g/mol. The number of hydrogen-bond donors (Lipinski definition) is 1. The number of nitrogens with one attached hydrogen (secondary N) is 1. The van der Waals surface area contributed by atoms with Crippen molar-refractivity contribution in [1.82, 2.24) is 9.55 Å². The number of rotatable bonds is 7. The number of carbonyl (C=O) groups excluding carboxylic acids is 1. The van der Waals surface area contributed by atoms with Gasteiger partial charge in [-0.2, -0.15) is 0 Å². The average Bonchev–Trinajstić information content (AvgIpc) is 2.92. The van der Waals surface area contributed by atoms with Crippen molar-refractivity contribution in [2.75, 3.05) is 23.3 Å². The molecule has 1 aliphatic rings. The van der Waals surface area contributed by atoms with E-state index in [-0.39, 0.29) is 11.5 Å². The van der Waals surface area contributed by atoms with E-state index in [0.717, 1.165) is 42.7 Å². The summed E-state index contributed by atoms with van der Waals surface area (Å²) in [7, 11) is 0. The number of amides is 1. The number of hydrogen-bond acceptors (Lipinski definition) is 4. The maximum Gasteiger partial charge on any atom is 0.261 e. The lowest BCUT2D eigenvalue weighted by molar-refractivity contribution is -0.116. The fraction of sp³-hybridized carbons (Fsp3) is 0.300. The Bertz CT molecular complexity index is 1460. The first-order valence-electron chi connectivity index (χ1n) is 12.9. The summed E-state index contributed by atoms with van der Waals surface area (Å²) in [5, 5.41) is 4.27. The molecule has 37 heavy (non-hydrogen) atoms. The highest BCUT2D eigenvalue weighted by atomic mass is 35.5. The van der Waals surface area contributed by atoms with E-state index in [0.29, 0.717) is 46.8 Å². The van der Waals surface area contributed by atoms with E-state index in [9.17, 15) is 9.59 Å². The summed E-state index contributed by atoms with van der Waals surface area (Å²) < 4.78 is 1.67. The molecule has 7 heteroatoms. The van der Waals surface area contributed by atoms with Crippen LogP contribution in [-0.4, -0.2) is 28.5 Å². The smallest absolute Gasteiger partial charge is 0.261 e. The molecule has 1 fully saturated rings. The van der Waals surface area contributed by atoms with Gasteiger partial charge in [-0.3, -0.25) is 14.2 Å². The predicted octanol–water partition coefficient (Wildman–Crippen LogP) is 5.97. The van der Waals surface area contributed by atoms with Crippen molar-refractivity contribution in [2.45, 2.75) is 45.6 Å². The van der Waals surface area contributed by atoms with Crippen molar-refractivity contribution in [1.29, 1.82) is 0 Å². The molecule has 0 aliphatic carbocycles. The van der Waals surface area contributed by atoms with Crippen molar-refractivity contribution in [3.8, 4) is 0 Å². The Morgan fingerprint density at radius 1 is 0.973 bits per heavy atom. The Balaban J connectivity index is 1.49. The zero-order valence-corrected chi connectivity index (χ0v) is 21.8. The number of aromatic nitrogens is 2. The summed E-state index contributed by atoms with van der Waals surface area (Å²) in [5.41, 5.74) is 4.22. The van der Waals surface area contributed by atoms with E-state index >= 15 is 0 Å². The van der Waals surface area contributed by atoms with Crippen LogP contribution < -0.4 is 15.8 Å². The molecule has 0 unspecified atom stereocenters. The maximum atomic E-state index is 13.6. The molecule has 1 saturated heterocycles. The van der Waals surface area contributed by atoms with Gasteiger partial charge < -0.3 is 10.2 Å². The molecule has 2 heterocycles. The molecule has 1 aromatic heterocycles. The van der Waals surface area contributed by atoms with Crippen molar-refractivity contribution >= 4 is 39.8 Å². The second kappa shape index (κ2) is 11.2. The van der Waals surface area contributed by atoms with Gasteiger partial charge in [0.2, 0.25) is 5.91 Å². The number of nitrogens with zero attached hydrogens (tertiary/aromatic N) is 3. The van der Waals surface area contributed by atoms with Gasteiger partial charge in [0.25, 0.3) is 5.56 Å². The summed E-state index contributed by atoms with van der Waals surface area (Å²) in [6.45, 7) is 4.10. The summed E-state index contributed by atoms with van der Waals surface area (Å²) in [6.07, 6.45) is 4.45. The van der Waals surface area contributed by atoms with Crippen molar-refractivity contribution < 1.29 is 4.79 Å². The summed E-state index contributed by atoms with van der Waals surface area (Å²) in [4.78, 5) is 33.7. The van der Waals surface area contributed by atoms with Crippen LogP contribution in [0.1, 0.15) is 42.6 Å². The fourth-order valence-electron chi connectivity index (χ4n) is 4.94. The normalized spacial score (nSPS) is 13.6. The number of fused-ring (bicyclic) bond motifs is 1. The molecule has 1 N–H and O–H groups in total. The van der Waals surface area contributed by atoms with Crippen LogP contribution in [0.3, 0.4) is 0 Å². The maximum absolute atomic E-state index is 13.6. The number of aryl methyl sites for hydroxylation is 2. The van der Waals surface area contributed by atoms with Gasteiger partial charge in [-0.15, -0.1) is 0 Å². The highest BCUT2D eigenvalue weighted by molar-refractivity contribution is 6.30. The number of benzene rings is 3. The lowest BCUT2D eigenvalue weighted by Crippen LogP contribution is -2.31. The van der Waals surface area contributed by atoms with Gasteiger partial charge in [-0.25, -0.2) is 4.98 Å². The van der Waals surface area contributed by atoms with E-state index in [1.165, 1.54) is 6.42 Å². The largest absolute Gasteiger partial charge is 0.370 e. The Morgan fingerprint density at radius 2 is 1.70 bits per heavy atom. The van der Waals surface area contributed by atoms with Crippen LogP contribution in [0.15, 0.2) is 71.5 Å². The molecule has 3 aromatic carbocycles. The van der Waals surface area contributed by atoms with Crippen LogP contribution >= 0.6 is 11.6 Å². The van der Waals surface area contributed by atoms with Crippen LogP contribution in [0.2, 0.25) is 5.02 Å². The third kappa shape index (κ3) is 5.86. The molecule has 5 rings (SSSR count). The van der Waals surface area contributed by atoms with E-state index in [4.69, 9.17) is 16.6 Å².